The number of ether oxygens (including phenoxy) is 1. The number of cyclic esters (lactones) is 1. The van der Waals surface area contributed by atoms with Gasteiger partial charge >= 0.3 is 6.09 Å². The molecule has 1 N–H and O–H groups in total. The van der Waals surface area contributed by atoms with Gasteiger partial charge in [0, 0.05) is 0 Å². The monoisotopic (exact) mass is 226 g/mol. The van der Waals surface area contributed by atoms with E-state index in [2.05, 4.69) is 10.2 Å². The topological polar surface area (TPSA) is 80.5 Å². The van der Waals surface area contributed by atoms with Crippen LogP contribution in [0.25, 0.3) is 0 Å². The smallest absolute Gasteiger partial charge is 0.432 e. The SMILES string of the molecule is CCC1(C)OC(=O)N(n2cnnc2)C1(C)O. The molecule has 1 aromatic heterocycles. The van der Waals surface area contributed by atoms with Gasteiger partial charge in [-0.05, 0) is 20.3 Å². The quantitative estimate of drug-likeness (QED) is 0.781. The Kier molecular flexibility index (Phi) is 2.16. The van der Waals surface area contributed by atoms with Gasteiger partial charge in [0.1, 0.15) is 12.7 Å². The summed E-state index contributed by atoms with van der Waals surface area (Å²) in [5.74, 6) is 0. The van der Waals surface area contributed by atoms with E-state index in [-0.39, 0.29) is 0 Å². The molecule has 0 bridgehead atoms. The van der Waals surface area contributed by atoms with E-state index in [0.717, 1.165) is 5.01 Å². The van der Waals surface area contributed by atoms with E-state index >= 15 is 0 Å². The van der Waals surface area contributed by atoms with E-state index in [1.54, 1.807) is 6.92 Å². The molecule has 1 fully saturated rings. The standard InChI is InChI=1S/C9H14N4O3/c1-4-8(2)9(3,15)13(7(14)16-8)12-5-10-11-6-12/h5-6,15H,4H2,1-3H3. The van der Waals surface area contributed by atoms with E-state index < -0.39 is 17.4 Å². The van der Waals surface area contributed by atoms with Gasteiger partial charge < -0.3 is 9.84 Å². The van der Waals surface area contributed by atoms with Gasteiger partial charge in [0.15, 0.2) is 5.60 Å². The van der Waals surface area contributed by atoms with Gasteiger partial charge in [-0.2, -0.15) is 5.01 Å². The van der Waals surface area contributed by atoms with Gasteiger partial charge in [0.25, 0.3) is 0 Å². The van der Waals surface area contributed by atoms with Gasteiger partial charge in [0.2, 0.25) is 5.72 Å². The summed E-state index contributed by atoms with van der Waals surface area (Å²) in [7, 11) is 0. The Morgan fingerprint density at radius 2 is 2.00 bits per heavy atom. The van der Waals surface area contributed by atoms with Gasteiger partial charge in [-0.25, -0.2) is 9.47 Å². The fourth-order valence-corrected chi connectivity index (χ4v) is 1.76. The number of nitrogens with zero attached hydrogens (tertiary/aromatic N) is 4. The molecule has 0 radical (unpaired) electrons. The normalized spacial score (nSPS) is 34.2. The van der Waals surface area contributed by atoms with Crippen molar-refractivity contribution < 1.29 is 14.6 Å². The molecule has 1 aliphatic heterocycles. The van der Waals surface area contributed by atoms with Crippen LogP contribution >= 0.6 is 0 Å². The maximum Gasteiger partial charge on any atom is 0.432 e. The number of aliphatic hydroxyl groups is 1. The van der Waals surface area contributed by atoms with Crippen molar-refractivity contribution in [2.24, 2.45) is 0 Å². The minimum atomic E-state index is -1.44. The Bertz CT molecular complexity index is 403. The van der Waals surface area contributed by atoms with Crippen LogP contribution in [0, 0.1) is 0 Å². The molecule has 16 heavy (non-hydrogen) atoms. The average molecular weight is 226 g/mol. The summed E-state index contributed by atoms with van der Waals surface area (Å²) in [6.45, 7) is 5.06. The Labute approximate surface area is 92.6 Å². The lowest BCUT2D eigenvalue weighted by atomic mass is 9.91. The lowest BCUT2D eigenvalue weighted by Crippen LogP contribution is -2.58. The van der Waals surface area contributed by atoms with Crippen molar-refractivity contribution >= 4 is 6.09 Å². The molecule has 2 rings (SSSR count). The van der Waals surface area contributed by atoms with Crippen molar-refractivity contribution in [1.82, 2.24) is 14.9 Å². The minimum Gasteiger partial charge on any atom is -0.437 e. The molecule has 2 atom stereocenters. The Balaban J connectivity index is 2.45. The first kappa shape index (κ1) is 10.9. The van der Waals surface area contributed by atoms with E-state index in [4.69, 9.17) is 4.74 Å². The fourth-order valence-electron chi connectivity index (χ4n) is 1.76. The molecule has 1 aromatic rings. The minimum absolute atomic E-state index is 0.504. The molecule has 0 aromatic carbocycles. The van der Waals surface area contributed by atoms with Crippen molar-refractivity contribution in [2.45, 2.75) is 38.5 Å². The number of hydrogen-bond donors (Lipinski definition) is 1. The number of aromatic nitrogens is 3. The van der Waals surface area contributed by atoms with Crippen LogP contribution in [-0.2, 0) is 4.74 Å². The van der Waals surface area contributed by atoms with E-state index in [1.165, 1.54) is 24.3 Å². The average Bonchev–Trinajstić information content (AvgIpc) is 2.74. The summed E-state index contributed by atoms with van der Waals surface area (Å²) in [4.78, 5) is 11.7. The number of rotatable bonds is 2. The van der Waals surface area contributed by atoms with Crippen LogP contribution < -0.4 is 5.01 Å². The summed E-state index contributed by atoms with van der Waals surface area (Å²) in [6.07, 6.45) is 2.55. The van der Waals surface area contributed by atoms with Crippen LogP contribution in [0.5, 0.6) is 0 Å². The Hall–Kier alpha value is -1.63. The third kappa shape index (κ3) is 1.21. The first-order valence-corrected chi connectivity index (χ1v) is 5.03. The lowest BCUT2D eigenvalue weighted by molar-refractivity contribution is -0.0921. The first-order chi connectivity index (χ1) is 7.42. The molecule has 1 amide bonds. The summed E-state index contributed by atoms with van der Waals surface area (Å²) in [5, 5.41) is 18.7. The number of hydrogen-bond acceptors (Lipinski definition) is 5. The molecular weight excluding hydrogens is 212 g/mol. The largest absolute Gasteiger partial charge is 0.437 e. The van der Waals surface area contributed by atoms with Crippen LogP contribution in [0.2, 0.25) is 0 Å². The summed E-state index contributed by atoms with van der Waals surface area (Å²) in [6, 6.07) is 0. The molecule has 0 aliphatic carbocycles. The molecule has 2 heterocycles. The molecule has 7 heteroatoms. The number of amides is 1. The van der Waals surface area contributed by atoms with Crippen LogP contribution in [-0.4, -0.2) is 37.4 Å². The van der Waals surface area contributed by atoms with Crippen LogP contribution in [0.1, 0.15) is 27.2 Å². The zero-order chi connectivity index (χ0) is 12.0. The summed E-state index contributed by atoms with van der Waals surface area (Å²) in [5.41, 5.74) is -2.39. The van der Waals surface area contributed by atoms with Gasteiger partial charge in [-0.1, -0.05) is 6.92 Å². The molecule has 7 nitrogen and oxygen atoms in total. The Morgan fingerprint density at radius 1 is 1.44 bits per heavy atom. The van der Waals surface area contributed by atoms with E-state index in [1.807, 2.05) is 6.92 Å². The molecular formula is C9H14N4O3. The molecule has 0 saturated carbocycles. The van der Waals surface area contributed by atoms with Crippen molar-refractivity contribution in [1.29, 1.82) is 0 Å². The fraction of sp³-hybridized carbons (Fsp3) is 0.667. The van der Waals surface area contributed by atoms with Crippen molar-refractivity contribution in [3.8, 4) is 0 Å². The highest BCUT2D eigenvalue weighted by Gasteiger charge is 2.59. The molecule has 1 saturated heterocycles. The molecule has 88 valence electrons. The van der Waals surface area contributed by atoms with Gasteiger partial charge in [-0.3, -0.25) is 0 Å². The molecule has 2 unspecified atom stereocenters. The van der Waals surface area contributed by atoms with Gasteiger partial charge in [-0.15, -0.1) is 10.2 Å². The second-order valence-corrected chi connectivity index (χ2v) is 4.13. The molecule has 1 aliphatic rings. The highest BCUT2D eigenvalue weighted by atomic mass is 16.6. The lowest BCUT2D eigenvalue weighted by Gasteiger charge is -2.36. The predicted octanol–water partition coefficient (Wildman–Crippen LogP) is 0.244. The Morgan fingerprint density at radius 3 is 2.44 bits per heavy atom. The third-order valence-electron chi connectivity index (χ3n) is 3.21. The van der Waals surface area contributed by atoms with Crippen LogP contribution in [0.15, 0.2) is 12.7 Å². The highest BCUT2D eigenvalue weighted by molar-refractivity contribution is 5.83. The number of carbonyl (C=O) groups excluding carboxylic acids is 1. The van der Waals surface area contributed by atoms with E-state index in [9.17, 15) is 9.90 Å². The highest BCUT2D eigenvalue weighted by Crippen LogP contribution is 2.38. The van der Waals surface area contributed by atoms with E-state index in [0.29, 0.717) is 6.42 Å². The zero-order valence-electron chi connectivity index (χ0n) is 9.41. The predicted molar refractivity (Wildman–Crippen MR) is 54.0 cm³/mol. The zero-order valence-corrected chi connectivity index (χ0v) is 9.41. The van der Waals surface area contributed by atoms with Crippen molar-refractivity contribution in [3.05, 3.63) is 12.7 Å². The van der Waals surface area contributed by atoms with Crippen LogP contribution in [0.3, 0.4) is 0 Å². The maximum atomic E-state index is 11.7. The van der Waals surface area contributed by atoms with Crippen molar-refractivity contribution in [3.63, 3.8) is 0 Å². The summed E-state index contributed by atoms with van der Waals surface area (Å²) >= 11 is 0. The first-order valence-electron chi connectivity index (χ1n) is 5.03. The summed E-state index contributed by atoms with van der Waals surface area (Å²) < 4.78 is 6.52. The molecule has 0 spiro atoms. The second-order valence-electron chi connectivity index (χ2n) is 4.13. The van der Waals surface area contributed by atoms with Crippen molar-refractivity contribution in [2.75, 3.05) is 5.01 Å². The number of carbonyl (C=O) groups is 1. The third-order valence-corrected chi connectivity index (χ3v) is 3.21. The van der Waals surface area contributed by atoms with Crippen LogP contribution in [0.4, 0.5) is 4.79 Å². The second kappa shape index (κ2) is 3.18. The maximum absolute atomic E-state index is 11.7. The van der Waals surface area contributed by atoms with Gasteiger partial charge in [0.05, 0.1) is 0 Å².